The summed E-state index contributed by atoms with van der Waals surface area (Å²) in [5.74, 6) is -1.34. The van der Waals surface area contributed by atoms with Gasteiger partial charge in [-0.2, -0.15) is 0 Å². The third-order valence-corrected chi connectivity index (χ3v) is 11.9. The zero-order valence-corrected chi connectivity index (χ0v) is 30.7. The molecule has 2 N–H and O–H groups in total. The van der Waals surface area contributed by atoms with E-state index < -0.39 is 29.7 Å². The minimum atomic E-state index is -1.02. The highest BCUT2D eigenvalue weighted by molar-refractivity contribution is 6.32. The molecule has 2 atom stereocenters. The molecule has 5 aliphatic heterocycles. The molecule has 0 bridgehead atoms. The minimum absolute atomic E-state index is 0.00980. The molecule has 8 rings (SSSR count). The topological polar surface area (TPSA) is 156 Å². The van der Waals surface area contributed by atoms with Crippen molar-refractivity contribution in [1.82, 2.24) is 25.0 Å². The Bertz CT molecular complexity index is 2080. The average molecular weight is 753 g/mol. The minimum Gasteiger partial charge on any atom is -0.369 e. The zero-order chi connectivity index (χ0) is 37.7. The molecule has 0 radical (unpaired) electrons. The van der Waals surface area contributed by atoms with Crippen molar-refractivity contribution in [3.8, 4) is 0 Å². The van der Waals surface area contributed by atoms with E-state index in [2.05, 4.69) is 39.6 Å². The Morgan fingerprint density at radius 1 is 0.926 bits per heavy atom. The number of carbonyl (C=O) groups excluding carboxylic acids is 6. The van der Waals surface area contributed by atoms with E-state index in [1.165, 1.54) is 0 Å². The normalized spacial score (nSPS) is 23.1. The van der Waals surface area contributed by atoms with Crippen molar-refractivity contribution in [2.24, 2.45) is 0 Å². The Balaban J connectivity index is 0.836. The van der Waals surface area contributed by atoms with Gasteiger partial charge in [0.1, 0.15) is 11.9 Å². The number of benzene rings is 2. The molecule has 1 aromatic heterocycles. The van der Waals surface area contributed by atoms with Gasteiger partial charge in [0.2, 0.25) is 23.6 Å². The summed E-state index contributed by atoms with van der Waals surface area (Å²) in [7, 11) is 0. The molecule has 6 amide bonds. The van der Waals surface area contributed by atoms with Gasteiger partial charge in [-0.1, -0.05) is 30.7 Å². The first-order valence-electron chi connectivity index (χ1n) is 18.5. The first-order chi connectivity index (χ1) is 26.1. The number of pyridine rings is 1. The Hall–Kier alpha value is -5.34. The number of imide groups is 2. The maximum Gasteiger partial charge on any atom is 0.262 e. The van der Waals surface area contributed by atoms with Crippen molar-refractivity contribution < 1.29 is 28.8 Å². The fourth-order valence-electron chi connectivity index (χ4n) is 8.54. The molecule has 15 heteroatoms. The van der Waals surface area contributed by atoms with Crippen molar-refractivity contribution in [3.05, 3.63) is 82.0 Å². The van der Waals surface area contributed by atoms with E-state index in [4.69, 9.17) is 11.6 Å². The second kappa shape index (κ2) is 14.1. The number of aromatic nitrogens is 1. The van der Waals surface area contributed by atoms with Crippen molar-refractivity contribution in [2.45, 2.75) is 44.1 Å². The lowest BCUT2D eigenvalue weighted by molar-refractivity contribution is -0.136. The third kappa shape index (κ3) is 6.16. The van der Waals surface area contributed by atoms with E-state index in [1.807, 2.05) is 32.9 Å². The summed E-state index contributed by atoms with van der Waals surface area (Å²) >= 11 is 6.68. The van der Waals surface area contributed by atoms with Crippen molar-refractivity contribution in [3.63, 3.8) is 0 Å². The van der Waals surface area contributed by atoms with Crippen LogP contribution in [-0.4, -0.2) is 120 Å². The number of amides is 6. The van der Waals surface area contributed by atoms with E-state index in [9.17, 15) is 28.8 Å². The molecule has 2 aromatic carbocycles. The molecule has 5 aliphatic rings. The van der Waals surface area contributed by atoms with Crippen LogP contribution in [0.1, 0.15) is 64.4 Å². The van der Waals surface area contributed by atoms with Crippen LogP contribution in [0.3, 0.4) is 0 Å². The fraction of sp³-hybridized carbons (Fsp3) is 0.410. The number of hydrogen-bond acceptors (Lipinski definition) is 10. The van der Waals surface area contributed by atoms with Crippen LogP contribution in [0.2, 0.25) is 5.02 Å². The van der Waals surface area contributed by atoms with E-state index in [0.29, 0.717) is 63.8 Å². The molecule has 14 nitrogen and oxygen atoms in total. The van der Waals surface area contributed by atoms with Gasteiger partial charge in [-0.25, -0.2) is 4.98 Å². The molecule has 54 heavy (non-hydrogen) atoms. The highest BCUT2D eigenvalue weighted by Gasteiger charge is 2.45. The Kier molecular flexibility index (Phi) is 9.34. The SMILES string of the molecule is CCC1(c2cccc(N3CCN(CCC(=O)N4CCN(c5ccc6c(c5)C(=O)N(C5CCC(=O)NC5=O)C6=O)CC4)CC3=O)c2)CNc2nccc(Cl)c21. The van der Waals surface area contributed by atoms with Crippen LogP contribution >= 0.6 is 11.6 Å². The number of nitrogens with one attached hydrogen (secondary N) is 2. The van der Waals surface area contributed by atoms with Crippen LogP contribution in [0.4, 0.5) is 17.2 Å². The van der Waals surface area contributed by atoms with E-state index >= 15 is 0 Å². The maximum atomic E-state index is 13.5. The van der Waals surface area contributed by atoms with Crippen molar-refractivity contribution >= 4 is 64.2 Å². The number of halogens is 1. The molecular weight excluding hydrogens is 712 g/mol. The summed E-state index contributed by atoms with van der Waals surface area (Å²) in [6, 6.07) is 14.0. The van der Waals surface area contributed by atoms with E-state index in [-0.39, 0.29) is 47.7 Å². The lowest BCUT2D eigenvalue weighted by Crippen LogP contribution is -2.54. The van der Waals surface area contributed by atoms with Crippen molar-refractivity contribution in [1.29, 1.82) is 0 Å². The molecule has 0 spiro atoms. The summed E-state index contributed by atoms with van der Waals surface area (Å²) in [5, 5.41) is 6.31. The quantitative estimate of drug-likeness (QED) is 0.328. The number of carbonyl (C=O) groups is 6. The first kappa shape index (κ1) is 35.7. The summed E-state index contributed by atoms with van der Waals surface area (Å²) in [4.78, 5) is 90.3. The van der Waals surface area contributed by atoms with Gasteiger partial charge in [-0.3, -0.25) is 43.9 Å². The molecule has 3 saturated heterocycles. The number of anilines is 3. The highest BCUT2D eigenvalue weighted by atomic mass is 35.5. The number of piperazine rings is 2. The monoisotopic (exact) mass is 752 g/mol. The molecule has 280 valence electrons. The molecule has 6 heterocycles. The lowest BCUT2D eigenvalue weighted by atomic mass is 9.74. The van der Waals surface area contributed by atoms with Crippen molar-refractivity contribution in [2.75, 3.05) is 74.0 Å². The van der Waals surface area contributed by atoms with Gasteiger partial charge in [0.15, 0.2) is 0 Å². The van der Waals surface area contributed by atoms with E-state index in [0.717, 1.165) is 39.6 Å². The fourth-order valence-corrected chi connectivity index (χ4v) is 8.87. The van der Waals surface area contributed by atoms with Gasteiger partial charge in [0.25, 0.3) is 11.8 Å². The van der Waals surface area contributed by atoms with Crippen LogP contribution in [0.5, 0.6) is 0 Å². The molecule has 2 unspecified atom stereocenters. The Labute approximate surface area is 317 Å². The average Bonchev–Trinajstić information content (AvgIpc) is 3.69. The molecule has 3 fully saturated rings. The van der Waals surface area contributed by atoms with Crippen LogP contribution in [0.15, 0.2) is 54.7 Å². The highest BCUT2D eigenvalue weighted by Crippen LogP contribution is 2.47. The number of hydrogen-bond donors (Lipinski definition) is 2. The van der Waals surface area contributed by atoms with Gasteiger partial charge in [-0.15, -0.1) is 0 Å². The van der Waals surface area contributed by atoms with Gasteiger partial charge < -0.3 is 20.0 Å². The van der Waals surface area contributed by atoms with Crippen LogP contribution in [-0.2, 0) is 24.6 Å². The number of rotatable bonds is 8. The summed E-state index contributed by atoms with van der Waals surface area (Å²) in [6.45, 7) is 6.77. The molecular formula is C39H41ClN8O6. The standard InChI is InChI=1S/C39H41ClN8O6/c1-2-39(23-42-35-34(39)29(40)10-12-41-35)24-4-3-5-26(20-24)47-19-14-44(22-33(47)51)13-11-32(50)46-17-15-45(16-18-46)25-6-7-27-28(21-25)38(54)48(37(27)53)30-8-9-31(49)43-36(30)52/h3-7,10,12,20-21,30H,2,8-9,11,13-19,22-23H2,1H3,(H,41,42)(H,43,49,52). The maximum absolute atomic E-state index is 13.5. The van der Waals surface area contributed by atoms with Crippen LogP contribution < -0.4 is 20.4 Å². The van der Waals surface area contributed by atoms with Crippen LogP contribution in [0.25, 0.3) is 0 Å². The zero-order valence-electron chi connectivity index (χ0n) is 30.0. The Morgan fingerprint density at radius 2 is 1.72 bits per heavy atom. The first-order valence-corrected chi connectivity index (χ1v) is 18.9. The van der Waals surface area contributed by atoms with Gasteiger partial charge >= 0.3 is 0 Å². The summed E-state index contributed by atoms with van der Waals surface area (Å²) in [5.41, 5.74) is 3.78. The Morgan fingerprint density at radius 3 is 2.48 bits per heavy atom. The smallest absolute Gasteiger partial charge is 0.262 e. The predicted molar refractivity (Wildman–Crippen MR) is 201 cm³/mol. The summed E-state index contributed by atoms with van der Waals surface area (Å²) < 4.78 is 0. The number of piperidine rings is 1. The predicted octanol–water partition coefficient (Wildman–Crippen LogP) is 2.65. The van der Waals surface area contributed by atoms with Gasteiger partial charge in [-0.05, 0) is 54.8 Å². The van der Waals surface area contributed by atoms with E-state index in [1.54, 1.807) is 24.4 Å². The lowest BCUT2D eigenvalue weighted by Gasteiger charge is -2.37. The van der Waals surface area contributed by atoms with Gasteiger partial charge in [0.05, 0.1) is 17.7 Å². The number of fused-ring (bicyclic) bond motifs is 2. The second-order valence-corrected chi connectivity index (χ2v) is 14.9. The van der Waals surface area contributed by atoms with Gasteiger partial charge in [0, 0.05) is 98.8 Å². The number of nitrogens with zero attached hydrogens (tertiary/aromatic N) is 6. The third-order valence-electron chi connectivity index (χ3n) is 11.6. The second-order valence-electron chi connectivity index (χ2n) is 14.5. The molecule has 0 saturated carbocycles. The molecule has 3 aromatic rings. The van der Waals surface area contributed by atoms with Crippen LogP contribution in [0, 0.1) is 0 Å². The molecule has 0 aliphatic carbocycles. The summed E-state index contributed by atoms with van der Waals surface area (Å²) in [6.07, 6.45) is 2.98. The largest absolute Gasteiger partial charge is 0.369 e.